The molecule has 1 rings (SSSR count). The van der Waals surface area contributed by atoms with Gasteiger partial charge in [0.15, 0.2) is 0 Å². The van der Waals surface area contributed by atoms with Crippen LogP contribution in [0.1, 0.15) is 10.4 Å². The van der Waals surface area contributed by atoms with Gasteiger partial charge in [-0.25, -0.2) is 22.4 Å². The maximum atomic E-state index is 13.1. The first kappa shape index (κ1) is 13.1. The molecule has 0 N–H and O–H groups in total. The number of benzene rings is 1. The Morgan fingerprint density at radius 1 is 1.18 bits per heavy atom. The molecule has 0 aliphatic rings. The minimum absolute atomic E-state index is 0.209. The predicted octanol–water partition coefficient (Wildman–Crippen LogP) is 1.80. The molecule has 0 saturated carbocycles. The molecule has 1 aromatic carbocycles. The number of rotatable bonds is 3. The van der Waals surface area contributed by atoms with Gasteiger partial charge < -0.3 is 4.74 Å². The van der Waals surface area contributed by atoms with E-state index in [0.717, 1.165) is 7.11 Å². The van der Waals surface area contributed by atoms with E-state index in [1.807, 2.05) is 0 Å². The molecule has 0 spiro atoms. The van der Waals surface area contributed by atoms with Crippen molar-refractivity contribution in [1.29, 1.82) is 0 Å². The van der Waals surface area contributed by atoms with Gasteiger partial charge in [-0.05, 0) is 0 Å². The summed E-state index contributed by atoms with van der Waals surface area (Å²) in [7, 11) is 0.805. The van der Waals surface area contributed by atoms with Crippen molar-refractivity contribution in [1.82, 2.24) is 0 Å². The SMILES string of the molecule is COC(=O)C(F)C(=O)c1c(F)cc(F)cc1F. The lowest BCUT2D eigenvalue weighted by Crippen LogP contribution is -2.28. The molecule has 1 atom stereocenters. The number of carbonyl (C=O) groups excluding carboxylic acids is 2. The van der Waals surface area contributed by atoms with E-state index < -0.39 is 40.9 Å². The van der Waals surface area contributed by atoms with Crippen LogP contribution in [-0.2, 0) is 9.53 Å². The first-order valence-corrected chi connectivity index (χ1v) is 4.29. The zero-order valence-electron chi connectivity index (χ0n) is 8.47. The molecule has 0 amide bonds. The molecule has 0 aliphatic heterocycles. The molecule has 0 aromatic heterocycles. The van der Waals surface area contributed by atoms with E-state index in [-0.39, 0.29) is 12.1 Å². The summed E-state index contributed by atoms with van der Waals surface area (Å²) in [6, 6.07) is 0.417. The highest BCUT2D eigenvalue weighted by Gasteiger charge is 2.32. The van der Waals surface area contributed by atoms with Crippen molar-refractivity contribution >= 4 is 11.8 Å². The maximum absolute atomic E-state index is 13.1. The molecule has 0 bridgehead atoms. The quantitative estimate of drug-likeness (QED) is 0.355. The van der Waals surface area contributed by atoms with Crippen LogP contribution in [0.25, 0.3) is 0 Å². The summed E-state index contributed by atoms with van der Waals surface area (Å²) in [6.07, 6.45) is -2.85. The van der Waals surface area contributed by atoms with Gasteiger partial charge in [-0.15, -0.1) is 0 Å². The van der Waals surface area contributed by atoms with Crippen molar-refractivity contribution < 1.29 is 31.9 Å². The lowest BCUT2D eigenvalue weighted by molar-refractivity contribution is -0.144. The Morgan fingerprint density at radius 3 is 2.06 bits per heavy atom. The molecule has 0 heterocycles. The molecule has 92 valence electrons. The Morgan fingerprint density at radius 2 is 1.65 bits per heavy atom. The molecule has 0 fully saturated rings. The van der Waals surface area contributed by atoms with Crippen molar-refractivity contribution in [3.63, 3.8) is 0 Å². The van der Waals surface area contributed by atoms with Gasteiger partial charge >= 0.3 is 5.97 Å². The number of halogens is 4. The number of ether oxygens (including phenoxy) is 1. The number of esters is 1. The molecule has 0 saturated heterocycles. The summed E-state index contributed by atoms with van der Waals surface area (Å²) in [5.74, 6) is -7.77. The van der Waals surface area contributed by atoms with E-state index >= 15 is 0 Å². The van der Waals surface area contributed by atoms with Crippen LogP contribution in [0.15, 0.2) is 12.1 Å². The van der Waals surface area contributed by atoms with Crippen LogP contribution in [-0.4, -0.2) is 25.0 Å². The second kappa shape index (κ2) is 4.94. The number of hydrogen-bond acceptors (Lipinski definition) is 3. The van der Waals surface area contributed by atoms with E-state index in [9.17, 15) is 27.2 Å². The summed E-state index contributed by atoms with van der Waals surface area (Å²) in [5.41, 5.74) is -1.32. The molecule has 7 heteroatoms. The Bertz CT molecular complexity index is 450. The smallest absolute Gasteiger partial charge is 0.348 e. The Kier molecular flexibility index (Phi) is 3.82. The van der Waals surface area contributed by atoms with Crippen molar-refractivity contribution in [2.45, 2.75) is 6.17 Å². The third-order valence-corrected chi connectivity index (χ3v) is 1.89. The Balaban J connectivity index is 3.17. The highest BCUT2D eigenvalue weighted by molar-refractivity contribution is 6.11. The summed E-state index contributed by atoms with van der Waals surface area (Å²) in [6.45, 7) is 0. The molecule has 17 heavy (non-hydrogen) atoms. The number of carbonyl (C=O) groups is 2. The lowest BCUT2D eigenvalue weighted by Gasteiger charge is -2.07. The molecular formula is C10H6F4O3. The summed E-state index contributed by atoms with van der Waals surface area (Å²) >= 11 is 0. The van der Waals surface area contributed by atoms with Crippen LogP contribution in [0.2, 0.25) is 0 Å². The van der Waals surface area contributed by atoms with E-state index in [1.165, 1.54) is 0 Å². The zero-order valence-corrected chi connectivity index (χ0v) is 8.47. The second-order valence-electron chi connectivity index (χ2n) is 2.99. The van der Waals surface area contributed by atoms with E-state index in [4.69, 9.17) is 0 Å². The maximum Gasteiger partial charge on any atom is 0.348 e. The standard InChI is InChI=1S/C10H6F4O3/c1-17-10(16)8(14)9(15)7-5(12)2-4(11)3-6(7)13/h2-3,8H,1H3. The van der Waals surface area contributed by atoms with Gasteiger partial charge in [-0.3, -0.25) is 4.79 Å². The largest absolute Gasteiger partial charge is 0.467 e. The van der Waals surface area contributed by atoms with Crippen molar-refractivity contribution in [3.05, 3.63) is 35.1 Å². The number of hydrogen-bond donors (Lipinski definition) is 0. The predicted molar refractivity (Wildman–Crippen MR) is 47.6 cm³/mol. The molecule has 0 aliphatic carbocycles. The van der Waals surface area contributed by atoms with Crippen LogP contribution in [0, 0.1) is 17.5 Å². The topological polar surface area (TPSA) is 43.4 Å². The zero-order chi connectivity index (χ0) is 13.2. The molecule has 1 aromatic rings. The van der Waals surface area contributed by atoms with E-state index in [1.54, 1.807) is 0 Å². The minimum Gasteiger partial charge on any atom is -0.467 e. The fraction of sp³-hybridized carbons (Fsp3) is 0.200. The average Bonchev–Trinajstić information content (AvgIpc) is 2.25. The highest BCUT2D eigenvalue weighted by Crippen LogP contribution is 2.18. The third kappa shape index (κ3) is 2.61. The fourth-order valence-electron chi connectivity index (χ4n) is 1.11. The first-order chi connectivity index (χ1) is 7.88. The fourth-order valence-corrected chi connectivity index (χ4v) is 1.11. The summed E-state index contributed by atoms with van der Waals surface area (Å²) in [4.78, 5) is 21.9. The third-order valence-electron chi connectivity index (χ3n) is 1.89. The molecule has 1 unspecified atom stereocenters. The minimum atomic E-state index is -2.85. The molecule has 0 radical (unpaired) electrons. The van der Waals surface area contributed by atoms with E-state index in [2.05, 4.69) is 4.74 Å². The molecular weight excluding hydrogens is 244 g/mol. The van der Waals surface area contributed by atoms with Gasteiger partial charge in [0.25, 0.3) is 6.17 Å². The van der Waals surface area contributed by atoms with Crippen LogP contribution < -0.4 is 0 Å². The lowest BCUT2D eigenvalue weighted by atomic mass is 10.1. The van der Waals surface area contributed by atoms with Crippen molar-refractivity contribution in [3.8, 4) is 0 Å². The number of ketones is 1. The van der Waals surface area contributed by atoms with Crippen LogP contribution >= 0.6 is 0 Å². The Labute approximate surface area is 93.0 Å². The normalized spacial score (nSPS) is 12.1. The second-order valence-corrected chi connectivity index (χ2v) is 2.99. The monoisotopic (exact) mass is 250 g/mol. The Hall–Kier alpha value is -1.92. The summed E-state index contributed by atoms with van der Waals surface area (Å²) in [5, 5.41) is 0. The van der Waals surface area contributed by atoms with Gasteiger partial charge in [-0.1, -0.05) is 0 Å². The number of methoxy groups -OCH3 is 1. The molecule has 3 nitrogen and oxygen atoms in total. The number of alkyl halides is 1. The number of Topliss-reactive ketones (excluding diaryl/α,β-unsaturated/α-hetero) is 1. The van der Waals surface area contributed by atoms with Crippen LogP contribution in [0.3, 0.4) is 0 Å². The average molecular weight is 250 g/mol. The first-order valence-electron chi connectivity index (χ1n) is 4.29. The van der Waals surface area contributed by atoms with Gasteiger partial charge in [0.1, 0.15) is 17.5 Å². The van der Waals surface area contributed by atoms with Gasteiger partial charge in [0, 0.05) is 12.1 Å². The summed E-state index contributed by atoms with van der Waals surface area (Å²) < 4.78 is 55.7. The van der Waals surface area contributed by atoms with E-state index in [0.29, 0.717) is 0 Å². The van der Waals surface area contributed by atoms with Crippen molar-refractivity contribution in [2.24, 2.45) is 0 Å². The van der Waals surface area contributed by atoms with Gasteiger partial charge in [0.2, 0.25) is 5.78 Å². The van der Waals surface area contributed by atoms with Crippen molar-refractivity contribution in [2.75, 3.05) is 7.11 Å². The van der Waals surface area contributed by atoms with Crippen LogP contribution in [0.4, 0.5) is 17.6 Å². The van der Waals surface area contributed by atoms with Gasteiger partial charge in [0.05, 0.1) is 12.7 Å². The highest BCUT2D eigenvalue weighted by atomic mass is 19.2. The van der Waals surface area contributed by atoms with Gasteiger partial charge in [-0.2, -0.15) is 0 Å². The van der Waals surface area contributed by atoms with Crippen LogP contribution in [0.5, 0.6) is 0 Å².